The lowest BCUT2D eigenvalue weighted by atomic mass is 9.84. The molecule has 2 aromatic carbocycles. The molecule has 226 valence electrons. The summed E-state index contributed by atoms with van der Waals surface area (Å²) >= 11 is 0. The first kappa shape index (κ1) is 30.3. The molecule has 2 amide bonds. The van der Waals surface area contributed by atoms with Crippen molar-refractivity contribution >= 4 is 33.6 Å². The van der Waals surface area contributed by atoms with Gasteiger partial charge in [-0.1, -0.05) is 12.1 Å². The molecule has 0 radical (unpaired) electrons. The summed E-state index contributed by atoms with van der Waals surface area (Å²) < 4.78 is 46.8. The third-order valence-corrected chi connectivity index (χ3v) is 9.30. The van der Waals surface area contributed by atoms with Gasteiger partial charge in [0.05, 0.1) is 0 Å². The van der Waals surface area contributed by atoms with Gasteiger partial charge in [-0.25, -0.2) is 4.39 Å². The van der Waals surface area contributed by atoms with Crippen molar-refractivity contribution in [1.29, 1.82) is 0 Å². The SMILES string of the molecule is CC(C)NC(=O)C1CCC(N2C(=NC(=O)c3ccc(F)cc3)Cc3ccc(CN4CCN(S(=O)(=O)O)CC4)cc32)CC1. The molecule has 12 heteroatoms. The number of amides is 2. The van der Waals surface area contributed by atoms with Crippen LogP contribution in [0.2, 0.25) is 0 Å². The number of hydrogen-bond acceptors (Lipinski definition) is 5. The molecule has 1 saturated heterocycles. The van der Waals surface area contributed by atoms with Crippen LogP contribution in [0, 0.1) is 11.7 Å². The van der Waals surface area contributed by atoms with Crippen LogP contribution in [0.5, 0.6) is 0 Å². The molecule has 42 heavy (non-hydrogen) atoms. The van der Waals surface area contributed by atoms with Crippen molar-refractivity contribution in [3.63, 3.8) is 0 Å². The first-order valence-corrected chi connectivity index (χ1v) is 15.9. The molecule has 2 aromatic rings. The Balaban J connectivity index is 1.37. The van der Waals surface area contributed by atoms with E-state index < -0.39 is 22.0 Å². The zero-order valence-corrected chi connectivity index (χ0v) is 24.8. The molecule has 0 spiro atoms. The average molecular weight is 600 g/mol. The van der Waals surface area contributed by atoms with Crippen LogP contribution in [-0.4, -0.2) is 78.1 Å². The molecule has 0 bridgehead atoms. The maximum atomic E-state index is 13.4. The van der Waals surface area contributed by atoms with Gasteiger partial charge in [0.25, 0.3) is 5.91 Å². The zero-order valence-electron chi connectivity index (χ0n) is 24.0. The van der Waals surface area contributed by atoms with Crippen molar-refractivity contribution in [3.8, 4) is 0 Å². The summed E-state index contributed by atoms with van der Waals surface area (Å²) in [5.74, 6) is -0.154. The topological polar surface area (TPSA) is 123 Å². The molecule has 1 saturated carbocycles. The van der Waals surface area contributed by atoms with Gasteiger partial charge in [-0.05, 0) is 81.0 Å². The maximum absolute atomic E-state index is 13.4. The second kappa shape index (κ2) is 12.6. The summed E-state index contributed by atoms with van der Waals surface area (Å²) in [6.45, 7) is 5.99. The Labute approximate surface area is 246 Å². The van der Waals surface area contributed by atoms with E-state index in [0.717, 1.165) is 46.8 Å². The highest BCUT2D eigenvalue weighted by Gasteiger charge is 2.36. The van der Waals surface area contributed by atoms with Crippen LogP contribution in [0.15, 0.2) is 47.5 Å². The molecule has 2 N–H and O–H groups in total. The Morgan fingerprint density at radius 3 is 2.31 bits per heavy atom. The van der Waals surface area contributed by atoms with Crippen molar-refractivity contribution in [2.75, 3.05) is 31.1 Å². The quantitative estimate of drug-likeness (QED) is 0.468. The Morgan fingerprint density at radius 1 is 1.02 bits per heavy atom. The number of rotatable bonds is 7. The Morgan fingerprint density at radius 2 is 1.69 bits per heavy atom. The monoisotopic (exact) mass is 599 g/mol. The van der Waals surface area contributed by atoms with Crippen LogP contribution in [0.1, 0.15) is 61.0 Å². The number of carbonyl (C=O) groups is 2. The number of nitrogens with zero attached hydrogens (tertiary/aromatic N) is 4. The third kappa shape index (κ3) is 7.05. The number of benzene rings is 2. The van der Waals surface area contributed by atoms with E-state index in [-0.39, 0.29) is 37.0 Å². The van der Waals surface area contributed by atoms with Gasteiger partial charge in [-0.3, -0.25) is 19.0 Å². The number of nitrogens with one attached hydrogen (secondary N) is 1. The maximum Gasteiger partial charge on any atom is 0.335 e. The molecular weight excluding hydrogens is 561 g/mol. The molecule has 5 rings (SSSR count). The number of carbonyl (C=O) groups excluding carboxylic acids is 2. The van der Waals surface area contributed by atoms with Crippen LogP contribution < -0.4 is 10.2 Å². The van der Waals surface area contributed by atoms with Crippen LogP contribution in [0.4, 0.5) is 10.1 Å². The number of fused-ring (bicyclic) bond motifs is 1. The zero-order chi connectivity index (χ0) is 30.0. The lowest BCUT2D eigenvalue weighted by Crippen LogP contribution is -2.48. The van der Waals surface area contributed by atoms with E-state index in [1.807, 2.05) is 19.9 Å². The number of hydrogen-bond donors (Lipinski definition) is 2. The number of amidine groups is 1. The normalized spacial score (nSPS) is 22.9. The first-order valence-electron chi connectivity index (χ1n) is 14.5. The second-order valence-electron chi connectivity index (χ2n) is 11.7. The standard InChI is InChI=1S/C30H38FN5O5S/c1-20(2)32-29(37)23-7-11-26(12-8-23)36-27-17-21(19-34-13-15-35(16-14-34)42(39,40)41)3-4-24(27)18-28(36)33-30(38)22-5-9-25(31)10-6-22/h3-6,9-10,17,20,23,26H,7-8,11-16,18-19H2,1-2H3,(H,32,37)(H,39,40,41). The van der Waals surface area contributed by atoms with Crippen LogP contribution in [0.3, 0.4) is 0 Å². The Bertz CT molecular complexity index is 1450. The summed E-state index contributed by atoms with van der Waals surface area (Å²) in [5.41, 5.74) is 3.42. The summed E-state index contributed by atoms with van der Waals surface area (Å²) in [7, 11) is -4.19. The van der Waals surface area contributed by atoms with E-state index in [0.29, 0.717) is 37.5 Å². The molecule has 0 unspecified atom stereocenters. The molecule has 2 heterocycles. The van der Waals surface area contributed by atoms with Gasteiger partial charge in [0.1, 0.15) is 11.7 Å². The second-order valence-corrected chi connectivity index (χ2v) is 13.1. The van der Waals surface area contributed by atoms with E-state index in [4.69, 9.17) is 0 Å². The number of halogens is 1. The van der Waals surface area contributed by atoms with Crippen molar-refractivity contribution in [3.05, 3.63) is 65.0 Å². The summed E-state index contributed by atoms with van der Waals surface area (Å²) in [4.78, 5) is 34.6. The largest absolute Gasteiger partial charge is 0.354 e. The van der Waals surface area contributed by atoms with E-state index in [9.17, 15) is 27.0 Å². The smallest absolute Gasteiger partial charge is 0.335 e. The first-order chi connectivity index (χ1) is 20.0. The predicted molar refractivity (Wildman–Crippen MR) is 158 cm³/mol. The van der Waals surface area contributed by atoms with Gasteiger partial charge >= 0.3 is 10.3 Å². The third-order valence-electron chi connectivity index (χ3n) is 8.28. The lowest BCUT2D eigenvalue weighted by molar-refractivity contribution is -0.126. The van der Waals surface area contributed by atoms with Gasteiger partial charge in [0.2, 0.25) is 5.91 Å². The highest BCUT2D eigenvalue weighted by molar-refractivity contribution is 7.83. The molecule has 3 aliphatic rings. The van der Waals surface area contributed by atoms with Crippen LogP contribution in [0.25, 0.3) is 0 Å². The fraction of sp³-hybridized carbons (Fsp3) is 0.500. The van der Waals surface area contributed by atoms with Crippen LogP contribution >= 0.6 is 0 Å². The molecule has 0 aromatic heterocycles. The van der Waals surface area contributed by atoms with Gasteiger partial charge in [0.15, 0.2) is 0 Å². The molecule has 2 fully saturated rings. The molecule has 10 nitrogen and oxygen atoms in total. The summed E-state index contributed by atoms with van der Waals surface area (Å²) in [6.07, 6.45) is 3.53. The van der Waals surface area contributed by atoms with E-state index in [2.05, 4.69) is 32.2 Å². The van der Waals surface area contributed by atoms with Gasteiger partial charge in [0, 0.05) is 68.4 Å². The molecule has 0 atom stereocenters. The summed E-state index contributed by atoms with van der Waals surface area (Å²) in [5, 5.41) is 3.02. The van der Waals surface area contributed by atoms with Gasteiger partial charge < -0.3 is 10.2 Å². The average Bonchev–Trinajstić information content (AvgIpc) is 3.30. The molecule has 1 aliphatic carbocycles. The predicted octanol–water partition coefficient (Wildman–Crippen LogP) is 3.43. The number of anilines is 1. The van der Waals surface area contributed by atoms with Crippen molar-refractivity contribution < 1.29 is 27.0 Å². The minimum Gasteiger partial charge on any atom is -0.354 e. The number of piperazine rings is 1. The van der Waals surface area contributed by atoms with Crippen molar-refractivity contribution in [1.82, 2.24) is 14.5 Å². The highest BCUT2D eigenvalue weighted by Crippen LogP contribution is 2.38. The number of aliphatic imine (C=N–C) groups is 1. The minimum atomic E-state index is -4.19. The van der Waals surface area contributed by atoms with E-state index in [1.165, 1.54) is 24.3 Å². The van der Waals surface area contributed by atoms with Crippen LogP contribution in [-0.2, 0) is 28.1 Å². The van der Waals surface area contributed by atoms with Gasteiger partial charge in [-0.2, -0.15) is 17.7 Å². The Hall–Kier alpha value is -3.19. The highest BCUT2D eigenvalue weighted by atomic mass is 32.2. The van der Waals surface area contributed by atoms with E-state index >= 15 is 0 Å². The Kier molecular flexibility index (Phi) is 9.07. The fourth-order valence-corrected chi connectivity index (χ4v) is 6.75. The lowest BCUT2D eigenvalue weighted by Gasteiger charge is -2.36. The molecule has 2 aliphatic heterocycles. The fourth-order valence-electron chi connectivity index (χ4n) is 6.13. The van der Waals surface area contributed by atoms with Crippen molar-refractivity contribution in [2.24, 2.45) is 10.9 Å². The van der Waals surface area contributed by atoms with Gasteiger partial charge in [-0.15, -0.1) is 0 Å². The summed E-state index contributed by atoms with van der Waals surface area (Å²) in [6, 6.07) is 11.8. The minimum absolute atomic E-state index is 0.0419. The van der Waals surface area contributed by atoms with E-state index in [1.54, 1.807) is 0 Å². The molecular formula is C30H38FN5O5S. The van der Waals surface area contributed by atoms with Crippen molar-refractivity contribution in [2.45, 2.75) is 64.6 Å².